The fourth-order valence-electron chi connectivity index (χ4n) is 1.84. The van der Waals surface area contributed by atoms with Crippen LogP contribution in [0.5, 0.6) is 0 Å². The van der Waals surface area contributed by atoms with Gasteiger partial charge in [-0.3, -0.25) is 0 Å². The van der Waals surface area contributed by atoms with Crippen molar-refractivity contribution in [2.24, 2.45) is 0 Å². The van der Waals surface area contributed by atoms with Gasteiger partial charge in [0.2, 0.25) is 8.87 Å². The van der Waals surface area contributed by atoms with Crippen molar-refractivity contribution >= 4 is 35.8 Å². The second-order valence-corrected chi connectivity index (χ2v) is 21.9. The molecule has 0 N–H and O–H groups in total. The highest BCUT2D eigenvalue weighted by atomic mass is 33.1. The molecule has 1 saturated heterocycles. The van der Waals surface area contributed by atoms with Crippen molar-refractivity contribution < 1.29 is 8.42 Å². The van der Waals surface area contributed by atoms with Crippen LogP contribution in [-0.4, -0.2) is 34.3 Å². The SMILES string of the molecule is C[Si](C)(C)[C@H]1SS(=O)(=O)[C@@H]1[Si](C)(C)C. The highest BCUT2D eigenvalue weighted by Crippen LogP contribution is 2.49. The van der Waals surface area contributed by atoms with Crippen molar-refractivity contribution in [3.63, 3.8) is 0 Å². The van der Waals surface area contributed by atoms with Crippen LogP contribution in [0.3, 0.4) is 0 Å². The smallest absolute Gasteiger partial charge is 0.202 e. The quantitative estimate of drug-likeness (QED) is 0.570. The van der Waals surface area contributed by atoms with Crippen molar-refractivity contribution in [2.75, 3.05) is 0 Å². The molecule has 0 aromatic carbocycles. The summed E-state index contributed by atoms with van der Waals surface area (Å²) >= 11 is 0. The molecule has 0 unspecified atom stereocenters. The predicted molar refractivity (Wildman–Crippen MR) is 70.8 cm³/mol. The van der Waals surface area contributed by atoms with Gasteiger partial charge in [0.05, 0.1) is 21.0 Å². The summed E-state index contributed by atoms with van der Waals surface area (Å²) in [6, 6.07) is 0. The summed E-state index contributed by atoms with van der Waals surface area (Å²) in [6.07, 6.45) is 0. The average molecular weight is 269 g/mol. The van der Waals surface area contributed by atoms with Crippen molar-refractivity contribution in [1.29, 1.82) is 0 Å². The zero-order valence-electron chi connectivity index (χ0n) is 9.79. The summed E-state index contributed by atoms with van der Waals surface area (Å²) < 4.78 is 23.5. The number of hydrogen-bond donors (Lipinski definition) is 0. The Labute approximate surface area is 93.2 Å². The van der Waals surface area contributed by atoms with Gasteiger partial charge in [-0.05, 0) is 10.8 Å². The van der Waals surface area contributed by atoms with Crippen LogP contribution in [0.15, 0.2) is 0 Å². The lowest BCUT2D eigenvalue weighted by molar-refractivity contribution is 0.603. The molecular formula is C8H20O2S2Si2. The molecule has 0 amide bonds. The normalized spacial score (nSPS) is 32.4. The summed E-state index contributed by atoms with van der Waals surface area (Å²) in [5, 5.41) is 0. The van der Waals surface area contributed by atoms with E-state index in [1.165, 1.54) is 10.8 Å². The molecule has 1 heterocycles. The molecule has 0 radical (unpaired) electrons. The second-order valence-electron chi connectivity index (χ2n) is 6.16. The summed E-state index contributed by atoms with van der Waals surface area (Å²) in [5.74, 6) is 0. The summed E-state index contributed by atoms with van der Waals surface area (Å²) in [5.41, 5.74) is 0. The van der Waals surface area contributed by atoms with Crippen LogP contribution in [0.1, 0.15) is 0 Å². The van der Waals surface area contributed by atoms with Gasteiger partial charge in [-0.15, -0.1) is 0 Å². The molecule has 6 heteroatoms. The van der Waals surface area contributed by atoms with Gasteiger partial charge in [0.25, 0.3) is 0 Å². The van der Waals surface area contributed by atoms with Gasteiger partial charge >= 0.3 is 0 Å². The molecule has 14 heavy (non-hydrogen) atoms. The summed E-state index contributed by atoms with van der Waals surface area (Å²) in [4.78, 5) is 0.436. The third kappa shape index (κ3) is 2.28. The van der Waals surface area contributed by atoms with Crippen LogP contribution in [0, 0.1) is 0 Å². The van der Waals surface area contributed by atoms with Crippen molar-refractivity contribution in [2.45, 2.75) is 49.0 Å². The standard InChI is InChI=1S/C8H20O2S2Si2/c1-13(2,3)7-8(14(4,5)6)12(9,10)11-7/h7-8H,1-6H3/t7-,8-/m1/s1. The molecule has 1 fully saturated rings. The highest BCUT2D eigenvalue weighted by molar-refractivity contribution is 8.76. The Kier molecular flexibility index (Phi) is 3.07. The van der Waals surface area contributed by atoms with E-state index in [2.05, 4.69) is 39.3 Å². The van der Waals surface area contributed by atoms with Gasteiger partial charge in [0, 0.05) is 4.87 Å². The van der Waals surface area contributed by atoms with Crippen LogP contribution in [0.4, 0.5) is 0 Å². The highest BCUT2D eigenvalue weighted by Gasteiger charge is 2.58. The maximum Gasteiger partial charge on any atom is 0.202 e. The van der Waals surface area contributed by atoms with Crippen LogP contribution < -0.4 is 0 Å². The Bertz CT molecular complexity index is 324. The Hall–Kier alpha value is 0.734. The van der Waals surface area contributed by atoms with E-state index in [1.54, 1.807) is 0 Å². The minimum Gasteiger partial charge on any atom is -0.217 e. The Morgan fingerprint density at radius 3 is 1.50 bits per heavy atom. The molecule has 0 bridgehead atoms. The third-order valence-electron chi connectivity index (χ3n) is 2.53. The van der Waals surface area contributed by atoms with Crippen molar-refractivity contribution in [3.05, 3.63) is 0 Å². The maximum absolute atomic E-state index is 11.7. The lowest BCUT2D eigenvalue weighted by Crippen LogP contribution is -2.64. The third-order valence-corrected chi connectivity index (χ3v) is 17.8. The first-order valence-electron chi connectivity index (χ1n) is 4.88. The van der Waals surface area contributed by atoms with E-state index in [9.17, 15) is 8.42 Å². The van der Waals surface area contributed by atoms with E-state index in [-0.39, 0.29) is 4.87 Å². The largest absolute Gasteiger partial charge is 0.217 e. The van der Waals surface area contributed by atoms with E-state index in [0.29, 0.717) is 4.87 Å². The Morgan fingerprint density at radius 2 is 1.36 bits per heavy atom. The monoisotopic (exact) mass is 268 g/mol. The lowest BCUT2D eigenvalue weighted by atomic mass is 10.9. The van der Waals surface area contributed by atoms with Crippen LogP contribution >= 0.6 is 10.8 Å². The number of hydrogen-bond acceptors (Lipinski definition) is 3. The molecule has 0 aliphatic carbocycles. The molecule has 2 atom stereocenters. The van der Waals surface area contributed by atoms with Gasteiger partial charge in [-0.25, -0.2) is 8.42 Å². The fraction of sp³-hybridized carbons (Fsp3) is 1.00. The first kappa shape index (κ1) is 12.8. The molecule has 0 saturated carbocycles. The lowest BCUT2D eigenvalue weighted by Gasteiger charge is -2.47. The average Bonchev–Trinajstić information content (AvgIpc) is 1.76. The first-order chi connectivity index (χ1) is 5.96. The maximum atomic E-state index is 11.7. The molecule has 84 valence electrons. The predicted octanol–water partition coefficient (Wildman–Crippen LogP) is 2.56. The Balaban J connectivity index is 2.99. The topological polar surface area (TPSA) is 34.1 Å². The summed E-state index contributed by atoms with van der Waals surface area (Å²) in [6.45, 7) is 13.3. The number of rotatable bonds is 2. The van der Waals surface area contributed by atoms with Gasteiger partial charge < -0.3 is 0 Å². The molecule has 1 aliphatic heterocycles. The fourth-order valence-corrected chi connectivity index (χ4v) is 24.4. The zero-order valence-corrected chi connectivity index (χ0v) is 13.4. The second kappa shape index (κ2) is 3.36. The van der Waals surface area contributed by atoms with Crippen LogP contribution in [0.25, 0.3) is 0 Å². The first-order valence-corrected chi connectivity index (χ1v) is 15.0. The summed E-state index contributed by atoms with van der Waals surface area (Å²) in [7, 11) is -4.43. The van der Waals surface area contributed by atoms with E-state index in [0.717, 1.165) is 0 Å². The minimum absolute atomic E-state index is 0.00617. The Morgan fingerprint density at radius 1 is 0.929 bits per heavy atom. The molecule has 0 aromatic rings. The van der Waals surface area contributed by atoms with E-state index < -0.39 is 25.0 Å². The molecule has 2 nitrogen and oxygen atoms in total. The van der Waals surface area contributed by atoms with Crippen LogP contribution in [0.2, 0.25) is 39.3 Å². The van der Waals surface area contributed by atoms with E-state index >= 15 is 0 Å². The zero-order chi connectivity index (χ0) is 11.4. The van der Waals surface area contributed by atoms with Crippen molar-refractivity contribution in [1.82, 2.24) is 0 Å². The van der Waals surface area contributed by atoms with Gasteiger partial charge in [-0.2, -0.15) is 0 Å². The molecule has 0 spiro atoms. The molecule has 1 rings (SSSR count). The molecule has 1 aliphatic rings. The van der Waals surface area contributed by atoms with Gasteiger partial charge in [0.15, 0.2) is 0 Å². The van der Waals surface area contributed by atoms with E-state index in [1.807, 2.05) is 0 Å². The van der Waals surface area contributed by atoms with Crippen LogP contribution in [-0.2, 0) is 8.87 Å². The minimum atomic E-state index is -2.80. The van der Waals surface area contributed by atoms with E-state index in [4.69, 9.17) is 0 Å². The van der Waals surface area contributed by atoms with Crippen molar-refractivity contribution in [3.8, 4) is 0 Å². The molecular weight excluding hydrogens is 248 g/mol. The van der Waals surface area contributed by atoms with Gasteiger partial charge in [0.1, 0.15) is 0 Å². The van der Waals surface area contributed by atoms with Gasteiger partial charge in [-0.1, -0.05) is 39.3 Å². The molecule has 0 aromatic heterocycles.